The third-order valence-electron chi connectivity index (χ3n) is 3.85. The monoisotopic (exact) mass is 427 g/mol. The van der Waals surface area contributed by atoms with Crippen LogP contribution in [0.25, 0.3) is 0 Å². The van der Waals surface area contributed by atoms with Crippen molar-refractivity contribution >= 4 is 39.1 Å². The van der Waals surface area contributed by atoms with Crippen LogP contribution in [-0.4, -0.2) is 43.9 Å². The molecule has 7 nitrogen and oxygen atoms in total. The molecule has 27 heavy (non-hydrogen) atoms. The molecule has 1 fully saturated rings. The number of nitrogens with one attached hydrogen (secondary N) is 3. The van der Waals surface area contributed by atoms with Gasteiger partial charge in [-0.05, 0) is 31.5 Å². The summed E-state index contributed by atoms with van der Waals surface area (Å²) in [6.07, 6.45) is -4.40. The number of hydrogen-bond donors (Lipinski definition) is 3. The number of anilines is 1. The third-order valence-corrected chi connectivity index (χ3v) is 5.95. The van der Waals surface area contributed by atoms with Gasteiger partial charge >= 0.3 is 12.2 Å². The standard InChI is InChI=1S/C15H17ClF3N3O4S/c1-8(20-14(24)22-10-4-5-27(25,26)7-10)13(23)21-9-2-3-12(16)11(6-9)15(17,18)19/h2-3,6,8,10H,4-5,7H2,1H3,(H,21,23)(H2,20,22,24). The number of sulfone groups is 1. The van der Waals surface area contributed by atoms with E-state index in [4.69, 9.17) is 11.6 Å². The van der Waals surface area contributed by atoms with Crippen molar-refractivity contribution in [3.63, 3.8) is 0 Å². The second-order valence-electron chi connectivity index (χ2n) is 6.12. The number of halogens is 4. The lowest BCUT2D eigenvalue weighted by Gasteiger charge is -2.17. The minimum Gasteiger partial charge on any atom is -0.334 e. The van der Waals surface area contributed by atoms with Crippen LogP contribution in [0, 0.1) is 0 Å². The minimum atomic E-state index is -4.68. The number of alkyl halides is 3. The molecule has 2 rings (SSSR count). The average Bonchev–Trinajstić information content (AvgIpc) is 2.86. The van der Waals surface area contributed by atoms with Crippen molar-refractivity contribution in [2.45, 2.75) is 31.6 Å². The number of rotatable bonds is 4. The van der Waals surface area contributed by atoms with Gasteiger partial charge in [0.2, 0.25) is 5.91 Å². The second-order valence-corrected chi connectivity index (χ2v) is 8.76. The summed E-state index contributed by atoms with van der Waals surface area (Å²) in [6.45, 7) is 1.33. The summed E-state index contributed by atoms with van der Waals surface area (Å²) in [5, 5.41) is 6.51. The van der Waals surface area contributed by atoms with Crippen molar-refractivity contribution in [2.24, 2.45) is 0 Å². The molecule has 0 saturated carbocycles. The Morgan fingerprint density at radius 2 is 1.96 bits per heavy atom. The Labute approximate surface area is 158 Å². The van der Waals surface area contributed by atoms with Gasteiger partial charge in [0, 0.05) is 11.7 Å². The van der Waals surface area contributed by atoms with E-state index in [9.17, 15) is 31.2 Å². The largest absolute Gasteiger partial charge is 0.417 e. The predicted octanol–water partition coefficient (Wildman–Crippen LogP) is 2.17. The number of urea groups is 1. The lowest BCUT2D eigenvalue weighted by molar-refractivity contribution is -0.137. The van der Waals surface area contributed by atoms with Gasteiger partial charge in [-0.3, -0.25) is 4.79 Å². The van der Waals surface area contributed by atoms with Gasteiger partial charge in [0.1, 0.15) is 6.04 Å². The van der Waals surface area contributed by atoms with Crippen LogP contribution in [0.3, 0.4) is 0 Å². The van der Waals surface area contributed by atoms with Gasteiger partial charge in [-0.25, -0.2) is 13.2 Å². The highest BCUT2D eigenvalue weighted by atomic mass is 35.5. The Morgan fingerprint density at radius 1 is 1.30 bits per heavy atom. The Balaban J connectivity index is 1.93. The van der Waals surface area contributed by atoms with Crippen LogP contribution >= 0.6 is 11.6 Å². The molecule has 0 radical (unpaired) electrons. The van der Waals surface area contributed by atoms with Crippen LogP contribution in [0.5, 0.6) is 0 Å². The zero-order valence-corrected chi connectivity index (χ0v) is 15.6. The predicted molar refractivity (Wildman–Crippen MR) is 93.3 cm³/mol. The van der Waals surface area contributed by atoms with E-state index in [1.165, 1.54) is 13.0 Å². The molecule has 2 atom stereocenters. The van der Waals surface area contributed by atoms with Gasteiger partial charge in [-0.15, -0.1) is 0 Å². The van der Waals surface area contributed by atoms with E-state index in [1.54, 1.807) is 0 Å². The number of benzene rings is 1. The maximum Gasteiger partial charge on any atom is 0.417 e. The highest BCUT2D eigenvalue weighted by molar-refractivity contribution is 7.91. The minimum absolute atomic E-state index is 0.0217. The van der Waals surface area contributed by atoms with E-state index in [0.29, 0.717) is 6.07 Å². The lowest BCUT2D eigenvalue weighted by Crippen LogP contribution is -2.49. The Kier molecular flexibility index (Phi) is 6.25. The first-order chi connectivity index (χ1) is 12.4. The van der Waals surface area contributed by atoms with E-state index >= 15 is 0 Å². The molecule has 1 heterocycles. The molecular weight excluding hydrogens is 411 g/mol. The van der Waals surface area contributed by atoms with Crippen LogP contribution in [-0.2, 0) is 20.8 Å². The van der Waals surface area contributed by atoms with Gasteiger partial charge in [-0.1, -0.05) is 11.6 Å². The summed E-state index contributed by atoms with van der Waals surface area (Å²) < 4.78 is 61.2. The first-order valence-corrected chi connectivity index (χ1v) is 10.0. The van der Waals surface area contributed by atoms with Gasteiger partial charge in [0.05, 0.1) is 22.1 Å². The highest BCUT2D eigenvalue weighted by Gasteiger charge is 2.33. The van der Waals surface area contributed by atoms with Gasteiger partial charge < -0.3 is 16.0 Å². The molecule has 150 valence electrons. The second kappa shape index (κ2) is 7.93. The quantitative estimate of drug-likeness (QED) is 0.685. The third kappa shape index (κ3) is 5.99. The summed E-state index contributed by atoms with van der Waals surface area (Å²) in [4.78, 5) is 23.9. The molecule has 0 bridgehead atoms. The first kappa shape index (κ1) is 21.3. The van der Waals surface area contributed by atoms with Gasteiger partial charge in [0.15, 0.2) is 9.84 Å². The number of amides is 3. The summed E-state index contributed by atoms with van der Waals surface area (Å²) in [5.74, 6) is -0.947. The summed E-state index contributed by atoms with van der Waals surface area (Å²) >= 11 is 5.51. The molecule has 0 spiro atoms. The molecule has 1 aromatic rings. The smallest absolute Gasteiger partial charge is 0.334 e. The fourth-order valence-electron chi connectivity index (χ4n) is 2.47. The van der Waals surface area contributed by atoms with Crippen molar-refractivity contribution in [1.82, 2.24) is 10.6 Å². The molecular formula is C15H17ClF3N3O4S. The molecule has 12 heteroatoms. The summed E-state index contributed by atoms with van der Waals surface area (Å²) in [7, 11) is -3.17. The van der Waals surface area contributed by atoms with E-state index in [-0.39, 0.29) is 23.6 Å². The van der Waals surface area contributed by atoms with Crippen molar-refractivity contribution in [1.29, 1.82) is 0 Å². The lowest BCUT2D eigenvalue weighted by atomic mass is 10.2. The average molecular weight is 428 g/mol. The number of hydrogen-bond acceptors (Lipinski definition) is 4. The summed E-state index contributed by atoms with van der Waals surface area (Å²) in [6, 6.07) is 0.531. The maximum absolute atomic E-state index is 12.8. The van der Waals surface area contributed by atoms with E-state index in [0.717, 1.165) is 6.07 Å². The molecule has 3 amide bonds. The number of carbonyl (C=O) groups is 2. The van der Waals surface area contributed by atoms with Gasteiger partial charge in [0.25, 0.3) is 0 Å². The van der Waals surface area contributed by atoms with Crippen LogP contribution in [0.15, 0.2) is 18.2 Å². The van der Waals surface area contributed by atoms with E-state index in [2.05, 4.69) is 16.0 Å². The van der Waals surface area contributed by atoms with Gasteiger partial charge in [-0.2, -0.15) is 13.2 Å². The molecule has 1 saturated heterocycles. The molecule has 1 aliphatic rings. The fraction of sp³-hybridized carbons (Fsp3) is 0.467. The summed E-state index contributed by atoms with van der Waals surface area (Å²) in [5.41, 5.74) is -1.23. The SMILES string of the molecule is CC(NC(=O)NC1CCS(=O)(=O)C1)C(=O)Nc1ccc(Cl)c(C(F)(F)F)c1. The van der Waals surface area contributed by atoms with Crippen molar-refractivity contribution in [3.05, 3.63) is 28.8 Å². The normalized spacial score (nSPS) is 20.0. The van der Waals surface area contributed by atoms with Crippen LogP contribution in [0.4, 0.5) is 23.7 Å². The van der Waals surface area contributed by atoms with Crippen LogP contribution in [0.2, 0.25) is 5.02 Å². The fourth-order valence-corrected chi connectivity index (χ4v) is 4.37. The highest BCUT2D eigenvalue weighted by Crippen LogP contribution is 2.36. The molecule has 1 aromatic carbocycles. The zero-order chi connectivity index (χ0) is 20.4. The van der Waals surface area contributed by atoms with Crippen molar-refractivity contribution < 1.29 is 31.2 Å². The Morgan fingerprint density at radius 3 is 2.52 bits per heavy atom. The van der Waals surface area contributed by atoms with E-state index < -0.39 is 50.6 Å². The molecule has 0 aliphatic carbocycles. The molecule has 3 N–H and O–H groups in total. The van der Waals surface area contributed by atoms with Crippen molar-refractivity contribution in [2.75, 3.05) is 16.8 Å². The van der Waals surface area contributed by atoms with Crippen LogP contribution < -0.4 is 16.0 Å². The molecule has 1 aliphatic heterocycles. The Bertz CT molecular complexity index is 845. The topological polar surface area (TPSA) is 104 Å². The Hall–Kier alpha value is -2.01. The zero-order valence-electron chi connectivity index (χ0n) is 14.1. The number of carbonyl (C=O) groups excluding carboxylic acids is 2. The maximum atomic E-state index is 12.8. The molecule has 2 unspecified atom stereocenters. The van der Waals surface area contributed by atoms with Crippen molar-refractivity contribution in [3.8, 4) is 0 Å². The van der Waals surface area contributed by atoms with E-state index in [1.807, 2.05) is 0 Å². The first-order valence-electron chi connectivity index (χ1n) is 7.82. The van der Waals surface area contributed by atoms with Crippen LogP contribution in [0.1, 0.15) is 18.9 Å². The molecule has 0 aromatic heterocycles.